The van der Waals surface area contributed by atoms with E-state index < -0.39 is 6.04 Å². The Hall–Kier alpha value is -0.970. The predicted molar refractivity (Wildman–Crippen MR) is 59.6 cm³/mol. The molecule has 0 bridgehead atoms. The zero-order valence-electron chi connectivity index (χ0n) is 7.65. The summed E-state index contributed by atoms with van der Waals surface area (Å²) < 4.78 is 13.0. The summed E-state index contributed by atoms with van der Waals surface area (Å²) in [7, 11) is 0. The molecule has 2 nitrogen and oxygen atoms in total. The number of hydrogen-bond donors (Lipinski definition) is 1. The third-order valence-corrected chi connectivity index (χ3v) is 3.01. The highest BCUT2D eigenvalue weighted by molar-refractivity contribution is 7.07. The lowest BCUT2D eigenvalue weighted by atomic mass is 10.1. The molecule has 0 saturated heterocycles. The van der Waals surface area contributed by atoms with E-state index in [1.165, 1.54) is 29.5 Å². The van der Waals surface area contributed by atoms with Gasteiger partial charge in [-0.05, 0) is 23.8 Å². The molecule has 2 N–H and O–H groups in total. The minimum absolute atomic E-state index is 0.347. The van der Waals surface area contributed by atoms with Crippen LogP contribution in [-0.2, 0) is 0 Å². The van der Waals surface area contributed by atoms with Gasteiger partial charge in [0.1, 0.15) is 5.82 Å². The van der Waals surface area contributed by atoms with Gasteiger partial charge in [0, 0.05) is 10.4 Å². The van der Waals surface area contributed by atoms with Crippen LogP contribution in [0, 0.1) is 5.82 Å². The highest BCUT2D eigenvalue weighted by atomic mass is 35.5. The number of aromatic nitrogens is 1. The first-order valence-electron chi connectivity index (χ1n) is 4.27. The number of nitrogens with two attached hydrogens (primary N) is 1. The Morgan fingerprint density at radius 2 is 2.27 bits per heavy atom. The molecule has 15 heavy (non-hydrogen) atoms. The molecule has 0 radical (unpaired) electrons. The third kappa shape index (κ3) is 2.17. The van der Waals surface area contributed by atoms with Crippen LogP contribution < -0.4 is 5.73 Å². The van der Waals surface area contributed by atoms with Crippen LogP contribution in [0.5, 0.6) is 0 Å². The minimum atomic E-state index is -0.473. The topological polar surface area (TPSA) is 38.9 Å². The summed E-state index contributed by atoms with van der Waals surface area (Å²) in [5, 5.41) is 2.28. The van der Waals surface area contributed by atoms with Crippen molar-refractivity contribution in [2.75, 3.05) is 0 Å². The summed E-state index contributed by atoms with van der Waals surface area (Å²) in [5.74, 6) is -0.347. The van der Waals surface area contributed by atoms with E-state index in [1.54, 1.807) is 5.51 Å². The van der Waals surface area contributed by atoms with E-state index in [1.807, 2.05) is 5.38 Å². The Bertz CT molecular complexity index is 458. The molecule has 5 heteroatoms. The molecule has 0 aliphatic carbocycles. The molecule has 0 aliphatic heterocycles. The number of halogens is 2. The van der Waals surface area contributed by atoms with Crippen molar-refractivity contribution in [3.63, 3.8) is 0 Å². The predicted octanol–water partition coefficient (Wildman–Crippen LogP) is 2.98. The molecule has 1 aromatic heterocycles. The SMILES string of the molecule is NC(c1cscn1)c1cc(F)ccc1Cl. The second kappa shape index (κ2) is 4.26. The van der Waals surface area contributed by atoms with E-state index in [0.717, 1.165) is 0 Å². The lowest BCUT2D eigenvalue weighted by Crippen LogP contribution is -2.12. The van der Waals surface area contributed by atoms with Gasteiger partial charge in [0.2, 0.25) is 0 Å². The van der Waals surface area contributed by atoms with Gasteiger partial charge in [-0.25, -0.2) is 9.37 Å². The van der Waals surface area contributed by atoms with Gasteiger partial charge in [-0.2, -0.15) is 0 Å². The molecule has 0 saturated carbocycles. The van der Waals surface area contributed by atoms with Crippen LogP contribution in [0.4, 0.5) is 4.39 Å². The molecule has 0 amide bonds. The maximum Gasteiger partial charge on any atom is 0.123 e. The van der Waals surface area contributed by atoms with Crippen molar-refractivity contribution in [2.45, 2.75) is 6.04 Å². The Kier molecular flexibility index (Phi) is 3.00. The molecule has 0 fully saturated rings. The number of rotatable bonds is 2. The third-order valence-electron chi connectivity index (χ3n) is 2.06. The Morgan fingerprint density at radius 3 is 2.93 bits per heavy atom. The molecule has 2 aromatic rings. The monoisotopic (exact) mass is 242 g/mol. The zero-order chi connectivity index (χ0) is 10.8. The molecule has 1 heterocycles. The molecule has 1 aromatic carbocycles. The van der Waals surface area contributed by atoms with Crippen LogP contribution in [0.1, 0.15) is 17.3 Å². The van der Waals surface area contributed by atoms with Crippen molar-refractivity contribution in [1.29, 1.82) is 0 Å². The van der Waals surface area contributed by atoms with E-state index in [2.05, 4.69) is 4.98 Å². The van der Waals surface area contributed by atoms with E-state index in [0.29, 0.717) is 16.3 Å². The Labute approximate surface area is 95.5 Å². The maximum absolute atomic E-state index is 13.0. The highest BCUT2D eigenvalue weighted by Crippen LogP contribution is 2.26. The number of nitrogens with zero attached hydrogens (tertiary/aromatic N) is 1. The van der Waals surface area contributed by atoms with Crippen LogP contribution in [0.3, 0.4) is 0 Å². The Morgan fingerprint density at radius 1 is 1.47 bits per heavy atom. The summed E-state index contributed by atoms with van der Waals surface area (Å²) in [6, 6.07) is 3.67. The summed E-state index contributed by atoms with van der Waals surface area (Å²) in [5.41, 5.74) is 8.87. The van der Waals surface area contributed by atoms with Crippen molar-refractivity contribution < 1.29 is 4.39 Å². The quantitative estimate of drug-likeness (QED) is 0.879. The van der Waals surface area contributed by atoms with E-state index in [-0.39, 0.29) is 5.82 Å². The van der Waals surface area contributed by atoms with Crippen molar-refractivity contribution in [1.82, 2.24) is 4.98 Å². The fourth-order valence-corrected chi connectivity index (χ4v) is 2.11. The van der Waals surface area contributed by atoms with Crippen LogP contribution in [0.2, 0.25) is 5.02 Å². The van der Waals surface area contributed by atoms with Crippen molar-refractivity contribution in [3.05, 3.63) is 51.2 Å². The molecular formula is C10H8ClFN2S. The average Bonchev–Trinajstić information content (AvgIpc) is 2.74. The number of hydrogen-bond acceptors (Lipinski definition) is 3. The molecule has 1 unspecified atom stereocenters. The first kappa shape index (κ1) is 10.5. The van der Waals surface area contributed by atoms with E-state index in [9.17, 15) is 4.39 Å². The van der Waals surface area contributed by atoms with Gasteiger partial charge in [0.05, 0.1) is 17.2 Å². The average molecular weight is 243 g/mol. The fraction of sp³-hybridized carbons (Fsp3) is 0.100. The largest absolute Gasteiger partial charge is 0.319 e. The lowest BCUT2D eigenvalue weighted by Gasteiger charge is -2.11. The summed E-state index contributed by atoms with van der Waals surface area (Å²) >= 11 is 7.38. The zero-order valence-corrected chi connectivity index (χ0v) is 9.23. The summed E-state index contributed by atoms with van der Waals surface area (Å²) in [6.07, 6.45) is 0. The summed E-state index contributed by atoms with van der Waals surface area (Å²) in [4.78, 5) is 4.08. The molecule has 1 atom stereocenters. The van der Waals surface area contributed by atoms with Crippen LogP contribution >= 0.6 is 22.9 Å². The molecule has 2 rings (SSSR count). The van der Waals surface area contributed by atoms with Crippen LogP contribution in [0.25, 0.3) is 0 Å². The van der Waals surface area contributed by atoms with Gasteiger partial charge in [-0.15, -0.1) is 11.3 Å². The molecule has 0 spiro atoms. The van der Waals surface area contributed by atoms with Gasteiger partial charge >= 0.3 is 0 Å². The molecule has 78 valence electrons. The van der Waals surface area contributed by atoms with Gasteiger partial charge in [0.25, 0.3) is 0 Å². The second-order valence-electron chi connectivity index (χ2n) is 3.06. The highest BCUT2D eigenvalue weighted by Gasteiger charge is 2.14. The van der Waals surface area contributed by atoms with Crippen LogP contribution in [0.15, 0.2) is 29.1 Å². The summed E-state index contributed by atoms with van der Waals surface area (Å²) in [6.45, 7) is 0. The molecular weight excluding hydrogens is 235 g/mol. The maximum atomic E-state index is 13.0. The van der Waals surface area contributed by atoms with Crippen molar-refractivity contribution >= 4 is 22.9 Å². The number of benzene rings is 1. The smallest absolute Gasteiger partial charge is 0.123 e. The first-order chi connectivity index (χ1) is 7.18. The lowest BCUT2D eigenvalue weighted by molar-refractivity contribution is 0.623. The van der Waals surface area contributed by atoms with Crippen molar-refractivity contribution in [3.8, 4) is 0 Å². The normalized spacial score (nSPS) is 12.7. The molecule has 0 aliphatic rings. The van der Waals surface area contributed by atoms with E-state index in [4.69, 9.17) is 17.3 Å². The van der Waals surface area contributed by atoms with Gasteiger partial charge in [-0.1, -0.05) is 11.6 Å². The second-order valence-corrected chi connectivity index (χ2v) is 4.18. The first-order valence-corrected chi connectivity index (χ1v) is 5.59. The Balaban J connectivity index is 2.41. The minimum Gasteiger partial charge on any atom is -0.319 e. The van der Waals surface area contributed by atoms with E-state index >= 15 is 0 Å². The van der Waals surface area contributed by atoms with Gasteiger partial charge in [-0.3, -0.25) is 0 Å². The van der Waals surface area contributed by atoms with Gasteiger partial charge in [0.15, 0.2) is 0 Å². The van der Waals surface area contributed by atoms with Crippen molar-refractivity contribution in [2.24, 2.45) is 5.73 Å². The fourth-order valence-electron chi connectivity index (χ4n) is 1.29. The van der Waals surface area contributed by atoms with Gasteiger partial charge < -0.3 is 5.73 Å². The standard InChI is InChI=1S/C10H8ClFN2S/c11-8-2-1-6(12)3-7(8)10(13)9-4-15-5-14-9/h1-5,10H,13H2. The van der Waals surface area contributed by atoms with Crippen LogP contribution in [-0.4, -0.2) is 4.98 Å². The number of thiazole rings is 1.